The number of halogens is 3. The van der Waals surface area contributed by atoms with E-state index in [1.165, 1.54) is 6.92 Å². The SMILES string of the molecule is C[C@H]1O[C@@H](O)C[C@H](OS(=O)(=O)C(F)(F)F)[C@@H]1O. The van der Waals surface area contributed by atoms with Crippen molar-refractivity contribution in [2.75, 3.05) is 0 Å². The molecule has 0 aromatic heterocycles. The summed E-state index contributed by atoms with van der Waals surface area (Å²) in [5.41, 5.74) is -5.57. The Labute approximate surface area is 95.1 Å². The molecule has 4 atom stereocenters. The lowest BCUT2D eigenvalue weighted by Gasteiger charge is -2.34. The quantitative estimate of drug-likeness (QED) is 0.533. The summed E-state index contributed by atoms with van der Waals surface area (Å²) in [5, 5.41) is 18.5. The van der Waals surface area contributed by atoms with Crippen molar-refractivity contribution in [1.82, 2.24) is 0 Å². The second-order valence-corrected chi connectivity index (χ2v) is 5.12. The maximum atomic E-state index is 12.0. The summed E-state index contributed by atoms with van der Waals surface area (Å²) in [7, 11) is -5.80. The zero-order valence-corrected chi connectivity index (χ0v) is 9.40. The maximum absolute atomic E-state index is 12.0. The Morgan fingerprint density at radius 3 is 2.35 bits per heavy atom. The lowest BCUT2D eigenvalue weighted by Crippen LogP contribution is -2.49. The largest absolute Gasteiger partial charge is 0.523 e. The van der Waals surface area contributed by atoms with Gasteiger partial charge < -0.3 is 14.9 Å². The van der Waals surface area contributed by atoms with Gasteiger partial charge in [0, 0.05) is 6.42 Å². The monoisotopic (exact) mass is 280 g/mol. The third kappa shape index (κ3) is 3.28. The number of aliphatic hydroxyl groups is 2. The van der Waals surface area contributed by atoms with E-state index in [4.69, 9.17) is 5.11 Å². The van der Waals surface area contributed by atoms with Crippen molar-refractivity contribution in [3.63, 3.8) is 0 Å². The van der Waals surface area contributed by atoms with Gasteiger partial charge >= 0.3 is 15.6 Å². The van der Waals surface area contributed by atoms with Crippen LogP contribution in [0.2, 0.25) is 0 Å². The van der Waals surface area contributed by atoms with Gasteiger partial charge in [-0.05, 0) is 6.92 Å². The van der Waals surface area contributed by atoms with Gasteiger partial charge in [0.1, 0.15) is 12.2 Å². The third-order valence-corrected chi connectivity index (χ3v) is 3.27. The predicted octanol–water partition coefficient (Wildman–Crippen LogP) is -0.291. The minimum absolute atomic E-state index is 0.569. The standard InChI is InChI=1S/C7H11F3O6S/c1-3-6(12)4(2-5(11)15-3)16-17(13,14)7(8,9)10/h3-6,11-12H,2H2,1H3/t3-,4+,5-,6-/m1/s1. The Kier molecular flexibility index (Phi) is 4.04. The van der Waals surface area contributed by atoms with E-state index in [0.29, 0.717) is 0 Å². The molecule has 1 heterocycles. The summed E-state index contributed by atoms with van der Waals surface area (Å²) in [4.78, 5) is 0. The molecule has 0 unspecified atom stereocenters. The van der Waals surface area contributed by atoms with Crippen LogP contribution in [0.25, 0.3) is 0 Å². The first-order chi connectivity index (χ1) is 7.54. The molecule has 102 valence electrons. The number of hydrogen-bond acceptors (Lipinski definition) is 6. The van der Waals surface area contributed by atoms with Crippen molar-refractivity contribution >= 4 is 10.1 Å². The molecule has 6 nitrogen and oxygen atoms in total. The van der Waals surface area contributed by atoms with Gasteiger partial charge in [0.25, 0.3) is 0 Å². The highest BCUT2D eigenvalue weighted by molar-refractivity contribution is 7.87. The summed E-state index contributed by atoms with van der Waals surface area (Å²) in [6, 6.07) is 0. The Morgan fingerprint density at radius 2 is 1.88 bits per heavy atom. The fourth-order valence-electron chi connectivity index (χ4n) is 1.34. The summed E-state index contributed by atoms with van der Waals surface area (Å²) in [5.74, 6) is 0. The van der Waals surface area contributed by atoms with Crippen molar-refractivity contribution in [2.24, 2.45) is 0 Å². The molecule has 1 aliphatic heterocycles. The number of aliphatic hydroxyl groups excluding tert-OH is 2. The van der Waals surface area contributed by atoms with E-state index in [1.54, 1.807) is 0 Å². The summed E-state index contributed by atoms with van der Waals surface area (Å²) in [6.45, 7) is 1.27. The van der Waals surface area contributed by atoms with Crippen molar-refractivity contribution in [1.29, 1.82) is 0 Å². The topological polar surface area (TPSA) is 93.1 Å². The average Bonchev–Trinajstić information content (AvgIpc) is 2.11. The van der Waals surface area contributed by atoms with Gasteiger partial charge in [-0.2, -0.15) is 21.6 Å². The molecule has 0 aromatic rings. The highest BCUT2D eigenvalue weighted by atomic mass is 32.2. The van der Waals surface area contributed by atoms with Crippen LogP contribution in [0.15, 0.2) is 0 Å². The number of rotatable bonds is 2. The molecular formula is C7H11F3O6S. The molecule has 17 heavy (non-hydrogen) atoms. The van der Waals surface area contributed by atoms with Crippen molar-refractivity contribution in [3.05, 3.63) is 0 Å². The van der Waals surface area contributed by atoms with Crippen LogP contribution in [-0.2, 0) is 19.0 Å². The normalized spacial score (nSPS) is 35.9. The number of ether oxygens (including phenoxy) is 1. The molecule has 2 N–H and O–H groups in total. The molecule has 1 fully saturated rings. The predicted molar refractivity (Wildman–Crippen MR) is 47.0 cm³/mol. The summed E-state index contributed by atoms with van der Waals surface area (Å²) in [6.07, 6.45) is -6.36. The van der Waals surface area contributed by atoms with E-state index >= 15 is 0 Å². The zero-order chi connectivity index (χ0) is 13.4. The van der Waals surface area contributed by atoms with Gasteiger partial charge in [-0.3, -0.25) is 4.18 Å². The first kappa shape index (κ1) is 14.6. The van der Waals surface area contributed by atoms with E-state index in [1.807, 2.05) is 0 Å². The van der Waals surface area contributed by atoms with Crippen LogP contribution in [0.1, 0.15) is 13.3 Å². The van der Waals surface area contributed by atoms with Crippen molar-refractivity contribution in [2.45, 2.75) is 43.5 Å². The molecule has 0 bridgehead atoms. The number of alkyl halides is 3. The molecule has 0 aromatic carbocycles. The van der Waals surface area contributed by atoms with E-state index < -0.39 is 46.6 Å². The second-order valence-electron chi connectivity index (χ2n) is 3.56. The van der Waals surface area contributed by atoms with Crippen molar-refractivity contribution < 1.29 is 40.7 Å². The highest BCUT2D eigenvalue weighted by Gasteiger charge is 2.50. The van der Waals surface area contributed by atoms with Crippen LogP contribution in [0, 0.1) is 0 Å². The fourth-order valence-corrected chi connectivity index (χ4v) is 1.96. The number of hydrogen-bond donors (Lipinski definition) is 2. The van der Waals surface area contributed by atoms with Gasteiger partial charge in [-0.1, -0.05) is 0 Å². The van der Waals surface area contributed by atoms with Crippen LogP contribution < -0.4 is 0 Å². The average molecular weight is 280 g/mol. The molecule has 0 spiro atoms. The van der Waals surface area contributed by atoms with Gasteiger partial charge in [-0.25, -0.2) is 0 Å². The summed E-state index contributed by atoms with van der Waals surface area (Å²) >= 11 is 0. The first-order valence-electron chi connectivity index (χ1n) is 4.56. The minimum atomic E-state index is -5.80. The lowest BCUT2D eigenvalue weighted by molar-refractivity contribution is -0.223. The Balaban J connectivity index is 2.81. The fraction of sp³-hybridized carbons (Fsp3) is 1.00. The van der Waals surface area contributed by atoms with Gasteiger partial charge in [0.05, 0.1) is 6.10 Å². The molecule has 1 saturated heterocycles. The van der Waals surface area contributed by atoms with Crippen LogP contribution in [0.3, 0.4) is 0 Å². The Hall–Kier alpha value is -0.420. The van der Waals surface area contributed by atoms with Crippen molar-refractivity contribution in [3.8, 4) is 0 Å². The first-order valence-corrected chi connectivity index (χ1v) is 5.96. The molecule has 1 rings (SSSR count). The van der Waals surface area contributed by atoms with Gasteiger partial charge in [0.2, 0.25) is 0 Å². The smallest absolute Gasteiger partial charge is 0.388 e. The molecule has 1 aliphatic rings. The molecule has 0 amide bonds. The van der Waals surface area contributed by atoms with E-state index in [-0.39, 0.29) is 0 Å². The van der Waals surface area contributed by atoms with Crippen LogP contribution in [-0.4, -0.2) is 48.7 Å². The Bertz CT molecular complexity index is 366. The molecule has 0 aliphatic carbocycles. The highest BCUT2D eigenvalue weighted by Crippen LogP contribution is 2.30. The molecule has 0 saturated carbocycles. The third-order valence-electron chi connectivity index (χ3n) is 2.20. The maximum Gasteiger partial charge on any atom is 0.523 e. The van der Waals surface area contributed by atoms with E-state index in [2.05, 4.69) is 8.92 Å². The Morgan fingerprint density at radius 1 is 1.35 bits per heavy atom. The molecule has 0 radical (unpaired) electrons. The summed E-state index contributed by atoms with van der Waals surface area (Å²) < 4.78 is 66.0. The van der Waals surface area contributed by atoms with Gasteiger partial charge in [-0.15, -0.1) is 0 Å². The van der Waals surface area contributed by atoms with E-state index in [9.17, 15) is 26.7 Å². The molecular weight excluding hydrogens is 269 g/mol. The van der Waals surface area contributed by atoms with E-state index in [0.717, 1.165) is 0 Å². The zero-order valence-electron chi connectivity index (χ0n) is 8.59. The lowest BCUT2D eigenvalue weighted by atomic mass is 10.0. The minimum Gasteiger partial charge on any atom is -0.388 e. The second kappa shape index (κ2) is 4.69. The van der Waals surface area contributed by atoms with Crippen LogP contribution >= 0.6 is 0 Å². The van der Waals surface area contributed by atoms with Gasteiger partial charge in [0.15, 0.2) is 6.29 Å². The molecule has 10 heteroatoms. The van der Waals surface area contributed by atoms with Crippen LogP contribution in [0.5, 0.6) is 0 Å². The van der Waals surface area contributed by atoms with Crippen LogP contribution in [0.4, 0.5) is 13.2 Å².